The van der Waals surface area contributed by atoms with E-state index in [2.05, 4.69) is 10.3 Å². The van der Waals surface area contributed by atoms with Crippen LogP contribution in [0, 0.1) is 0 Å². The number of benzene rings is 1. The molecule has 26 heavy (non-hydrogen) atoms. The van der Waals surface area contributed by atoms with E-state index < -0.39 is 0 Å². The van der Waals surface area contributed by atoms with Crippen molar-refractivity contribution in [1.29, 1.82) is 0 Å². The Morgan fingerprint density at radius 2 is 1.88 bits per heavy atom. The number of aromatic nitrogens is 1. The summed E-state index contributed by atoms with van der Waals surface area (Å²) in [6.07, 6.45) is 1.69. The van der Waals surface area contributed by atoms with Crippen LogP contribution in [0.2, 0.25) is 0 Å². The summed E-state index contributed by atoms with van der Waals surface area (Å²) in [5, 5.41) is 2.86. The molecule has 0 fully saturated rings. The molecule has 3 aromatic rings. The van der Waals surface area contributed by atoms with Crippen LogP contribution in [0.1, 0.15) is 35.0 Å². The average molecular weight is 352 g/mol. The number of para-hydroxylation sites is 2. The highest BCUT2D eigenvalue weighted by Gasteiger charge is 2.16. The number of nitrogens with zero attached hydrogens (tertiary/aromatic N) is 1. The number of hydrogen-bond acceptors (Lipinski definition) is 5. The molecular weight excluding hydrogens is 332 g/mol. The number of rotatable bonds is 7. The Kier molecular flexibility index (Phi) is 5.53. The zero-order chi connectivity index (χ0) is 18.4. The normalized spacial score (nSPS) is 11.6. The standard InChI is InChI=1S/C20H20N2O4/c1-14(16-7-5-6-12-21-16)22-20(23)19-11-10-15(26-19)13-25-18-9-4-3-8-17(18)24-2/h3-12,14H,13H2,1-2H3,(H,22,23). The predicted molar refractivity (Wildman–Crippen MR) is 96.2 cm³/mol. The Balaban J connectivity index is 1.59. The van der Waals surface area contributed by atoms with E-state index in [1.54, 1.807) is 25.4 Å². The van der Waals surface area contributed by atoms with Gasteiger partial charge >= 0.3 is 0 Å². The van der Waals surface area contributed by atoms with Crippen LogP contribution in [-0.2, 0) is 6.61 Å². The third-order valence-corrected chi connectivity index (χ3v) is 3.80. The molecule has 134 valence electrons. The van der Waals surface area contributed by atoms with Gasteiger partial charge in [-0.15, -0.1) is 0 Å². The maximum absolute atomic E-state index is 12.3. The van der Waals surface area contributed by atoms with E-state index in [9.17, 15) is 4.79 Å². The molecule has 0 spiro atoms. The summed E-state index contributed by atoms with van der Waals surface area (Å²) in [4.78, 5) is 16.6. The third-order valence-electron chi connectivity index (χ3n) is 3.80. The van der Waals surface area contributed by atoms with Crippen molar-refractivity contribution in [2.24, 2.45) is 0 Å². The Morgan fingerprint density at radius 3 is 2.62 bits per heavy atom. The van der Waals surface area contributed by atoms with Crippen molar-refractivity contribution in [1.82, 2.24) is 10.3 Å². The quantitative estimate of drug-likeness (QED) is 0.701. The summed E-state index contributed by atoms with van der Waals surface area (Å²) in [6, 6.07) is 16.0. The predicted octanol–water partition coefficient (Wildman–Crippen LogP) is 3.75. The lowest BCUT2D eigenvalue weighted by Crippen LogP contribution is -2.26. The van der Waals surface area contributed by atoms with Gasteiger partial charge in [-0.3, -0.25) is 9.78 Å². The first-order valence-electron chi connectivity index (χ1n) is 8.23. The molecule has 0 aliphatic rings. The number of amides is 1. The summed E-state index contributed by atoms with van der Waals surface area (Å²) in [7, 11) is 1.58. The molecule has 0 bridgehead atoms. The average Bonchev–Trinajstić information content (AvgIpc) is 3.16. The van der Waals surface area contributed by atoms with Crippen LogP contribution in [0.4, 0.5) is 0 Å². The lowest BCUT2D eigenvalue weighted by molar-refractivity contribution is 0.0907. The second-order valence-corrected chi connectivity index (χ2v) is 5.66. The molecule has 1 N–H and O–H groups in total. The molecule has 0 saturated heterocycles. The second kappa shape index (κ2) is 8.20. The molecule has 1 aromatic carbocycles. The van der Waals surface area contributed by atoms with Gasteiger partial charge in [0.15, 0.2) is 17.3 Å². The molecule has 3 rings (SSSR count). The lowest BCUT2D eigenvalue weighted by Gasteiger charge is -2.12. The van der Waals surface area contributed by atoms with Crippen molar-refractivity contribution in [3.05, 3.63) is 78.0 Å². The maximum atomic E-state index is 12.3. The van der Waals surface area contributed by atoms with Gasteiger partial charge in [-0.1, -0.05) is 18.2 Å². The van der Waals surface area contributed by atoms with Crippen LogP contribution in [0.3, 0.4) is 0 Å². The molecule has 1 atom stereocenters. The molecule has 0 aliphatic heterocycles. The van der Waals surface area contributed by atoms with Crippen LogP contribution in [-0.4, -0.2) is 18.0 Å². The van der Waals surface area contributed by atoms with E-state index in [4.69, 9.17) is 13.9 Å². The fourth-order valence-corrected chi connectivity index (χ4v) is 2.44. The second-order valence-electron chi connectivity index (χ2n) is 5.66. The van der Waals surface area contributed by atoms with Gasteiger partial charge in [-0.25, -0.2) is 0 Å². The number of ether oxygens (including phenoxy) is 2. The largest absolute Gasteiger partial charge is 0.493 e. The van der Waals surface area contributed by atoms with Gasteiger partial charge in [0.25, 0.3) is 5.91 Å². The van der Waals surface area contributed by atoms with Gasteiger partial charge in [0.1, 0.15) is 12.4 Å². The minimum atomic E-state index is -0.299. The van der Waals surface area contributed by atoms with Gasteiger partial charge in [0.2, 0.25) is 0 Å². The summed E-state index contributed by atoms with van der Waals surface area (Å²) >= 11 is 0. The molecule has 2 aromatic heterocycles. The number of nitrogens with one attached hydrogen (secondary N) is 1. The van der Waals surface area contributed by atoms with E-state index in [1.165, 1.54) is 0 Å². The van der Waals surface area contributed by atoms with Crippen molar-refractivity contribution in [2.75, 3.05) is 7.11 Å². The van der Waals surface area contributed by atoms with Crippen LogP contribution in [0.15, 0.2) is 65.2 Å². The Bertz CT molecular complexity index is 861. The molecular formula is C20H20N2O4. The highest BCUT2D eigenvalue weighted by atomic mass is 16.5. The third kappa shape index (κ3) is 4.22. The zero-order valence-electron chi connectivity index (χ0n) is 14.6. The van der Waals surface area contributed by atoms with Gasteiger partial charge in [-0.05, 0) is 43.3 Å². The fourth-order valence-electron chi connectivity index (χ4n) is 2.44. The number of carbonyl (C=O) groups excluding carboxylic acids is 1. The van der Waals surface area contributed by atoms with Gasteiger partial charge < -0.3 is 19.2 Å². The molecule has 0 radical (unpaired) electrons. The molecule has 0 aliphatic carbocycles. The lowest BCUT2D eigenvalue weighted by atomic mass is 10.2. The van der Waals surface area contributed by atoms with E-state index in [-0.39, 0.29) is 24.3 Å². The van der Waals surface area contributed by atoms with Crippen molar-refractivity contribution >= 4 is 5.91 Å². The molecule has 2 heterocycles. The van der Waals surface area contributed by atoms with Crippen molar-refractivity contribution in [2.45, 2.75) is 19.6 Å². The van der Waals surface area contributed by atoms with Gasteiger partial charge in [0, 0.05) is 6.20 Å². The number of pyridine rings is 1. The molecule has 1 unspecified atom stereocenters. The van der Waals surface area contributed by atoms with E-state index in [1.807, 2.05) is 49.4 Å². The summed E-state index contributed by atoms with van der Waals surface area (Å²) in [5.41, 5.74) is 0.784. The smallest absolute Gasteiger partial charge is 0.287 e. The van der Waals surface area contributed by atoms with Crippen LogP contribution in [0.25, 0.3) is 0 Å². The highest BCUT2D eigenvalue weighted by molar-refractivity contribution is 5.91. The Labute approximate surface area is 151 Å². The van der Waals surface area contributed by atoms with Crippen molar-refractivity contribution in [3.63, 3.8) is 0 Å². The number of methoxy groups -OCH3 is 1. The van der Waals surface area contributed by atoms with E-state index in [0.29, 0.717) is 17.3 Å². The van der Waals surface area contributed by atoms with Crippen LogP contribution < -0.4 is 14.8 Å². The minimum absolute atomic E-state index is 0.198. The summed E-state index contributed by atoms with van der Waals surface area (Å²) < 4.78 is 16.5. The molecule has 1 amide bonds. The Morgan fingerprint density at radius 1 is 1.12 bits per heavy atom. The van der Waals surface area contributed by atoms with E-state index in [0.717, 1.165) is 5.69 Å². The van der Waals surface area contributed by atoms with Crippen molar-refractivity contribution < 1.29 is 18.7 Å². The summed E-state index contributed by atoms with van der Waals surface area (Å²) in [6.45, 7) is 2.07. The van der Waals surface area contributed by atoms with Crippen molar-refractivity contribution in [3.8, 4) is 11.5 Å². The summed E-state index contributed by atoms with van der Waals surface area (Å²) in [5.74, 6) is 1.73. The van der Waals surface area contributed by atoms with Gasteiger partial charge in [0.05, 0.1) is 18.8 Å². The number of carbonyl (C=O) groups is 1. The van der Waals surface area contributed by atoms with Gasteiger partial charge in [-0.2, -0.15) is 0 Å². The van der Waals surface area contributed by atoms with Crippen LogP contribution in [0.5, 0.6) is 11.5 Å². The first-order chi connectivity index (χ1) is 12.7. The monoisotopic (exact) mass is 352 g/mol. The molecule has 6 heteroatoms. The first-order valence-corrected chi connectivity index (χ1v) is 8.23. The van der Waals surface area contributed by atoms with Crippen LogP contribution >= 0.6 is 0 Å². The first kappa shape index (κ1) is 17.5. The highest BCUT2D eigenvalue weighted by Crippen LogP contribution is 2.26. The minimum Gasteiger partial charge on any atom is -0.493 e. The fraction of sp³-hybridized carbons (Fsp3) is 0.200. The molecule has 6 nitrogen and oxygen atoms in total. The molecule has 0 saturated carbocycles. The number of furan rings is 1. The SMILES string of the molecule is COc1ccccc1OCc1ccc(C(=O)NC(C)c2ccccn2)o1. The van der Waals surface area contributed by atoms with E-state index >= 15 is 0 Å². The Hall–Kier alpha value is -3.28. The topological polar surface area (TPSA) is 73.6 Å². The zero-order valence-corrected chi connectivity index (χ0v) is 14.6. The maximum Gasteiger partial charge on any atom is 0.287 e. The number of hydrogen-bond donors (Lipinski definition) is 1.